The molecule has 1 aromatic rings. The fourth-order valence-electron chi connectivity index (χ4n) is 3.04. The minimum absolute atomic E-state index is 0.0471. The molecule has 1 aromatic carbocycles. The van der Waals surface area contributed by atoms with Crippen LogP contribution in [0.4, 0.5) is 0 Å². The van der Waals surface area contributed by atoms with Crippen molar-refractivity contribution in [3.05, 3.63) is 35.9 Å². The van der Waals surface area contributed by atoms with Gasteiger partial charge in [-0.1, -0.05) is 44.2 Å². The smallest absolute Gasteiger partial charge is 0.251 e. The Morgan fingerprint density at radius 2 is 1.95 bits per heavy atom. The average molecular weight is 288 g/mol. The molecule has 0 aromatic heterocycles. The maximum Gasteiger partial charge on any atom is 0.251 e. The van der Waals surface area contributed by atoms with E-state index >= 15 is 0 Å². The molecule has 0 fully saturated rings. The third-order valence-corrected chi connectivity index (χ3v) is 4.04. The summed E-state index contributed by atoms with van der Waals surface area (Å²) >= 11 is 0. The number of carbonyl (C=O) groups excluding carboxylic acids is 1. The summed E-state index contributed by atoms with van der Waals surface area (Å²) in [5, 5.41) is 0. The summed E-state index contributed by atoms with van der Waals surface area (Å²) in [6.45, 7) is 6.03. The van der Waals surface area contributed by atoms with Gasteiger partial charge in [0.25, 0.3) is 5.91 Å². The molecule has 0 spiro atoms. The minimum Gasteiger partial charge on any atom is -0.483 e. The van der Waals surface area contributed by atoms with Crippen LogP contribution in [0.5, 0.6) is 0 Å². The second-order valence-corrected chi connectivity index (χ2v) is 6.20. The van der Waals surface area contributed by atoms with Gasteiger partial charge in [-0.2, -0.15) is 0 Å². The molecule has 2 atom stereocenters. The molecule has 1 heterocycles. The Balaban J connectivity index is 2.38. The lowest BCUT2D eigenvalue weighted by molar-refractivity contribution is -0.138. The van der Waals surface area contributed by atoms with Gasteiger partial charge in [-0.25, -0.2) is 4.99 Å². The maximum atomic E-state index is 12.8. The van der Waals surface area contributed by atoms with Gasteiger partial charge < -0.3 is 9.64 Å². The second-order valence-electron chi connectivity index (χ2n) is 6.20. The SMILES string of the molecule is COC1=N[C@](C)(Cc2ccccc2)C(=O)N(C)[C@H]1C(C)C. The molecular weight excluding hydrogens is 264 g/mol. The number of hydrogen-bond acceptors (Lipinski definition) is 3. The zero-order valence-electron chi connectivity index (χ0n) is 13.5. The van der Waals surface area contributed by atoms with E-state index in [1.807, 2.05) is 44.3 Å². The zero-order valence-corrected chi connectivity index (χ0v) is 13.5. The van der Waals surface area contributed by atoms with Gasteiger partial charge in [0, 0.05) is 13.5 Å². The lowest BCUT2D eigenvalue weighted by Crippen LogP contribution is -2.59. The number of rotatable bonds is 3. The van der Waals surface area contributed by atoms with Gasteiger partial charge in [-0.15, -0.1) is 0 Å². The predicted molar refractivity (Wildman–Crippen MR) is 84.4 cm³/mol. The summed E-state index contributed by atoms with van der Waals surface area (Å²) in [5.74, 6) is 0.954. The molecule has 0 radical (unpaired) electrons. The number of methoxy groups -OCH3 is 1. The first-order valence-corrected chi connectivity index (χ1v) is 7.34. The average Bonchev–Trinajstić information content (AvgIpc) is 2.45. The highest BCUT2D eigenvalue weighted by Crippen LogP contribution is 2.29. The Labute approximate surface area is 126 Å². The highest BCUT2D eigenvalue weighted by molar-refractivity contribution is 5.98. The molecule has 0 N–H and O–H groups in total. The third kappa shape index (κ3) is 2.94. The first-order chi connectivity index (χ1) is 9.89. The predicted octanol–water partition coefficient (Wildman–Crippen LogP) is 2.53. The number of likely N-dealkylation sites (N-methyl/N-ethyl adjacent to an activating group) is 1. The van der Waals surface area contributed by atoms with Crippen molar-refractivity contribution in [1.82, 2.24) is 4.90 Å². The first kappa shape index (κ1) is 15.5. The molecule has 4 nitrogen and oxygen atoms in total. The Morgan fingerprint density at radius 3 is 2.48 bits per heavy atom. The van der Waals surface area contributed by atoms with Crippen LogP contribution >= 0.6 is 0 Å². The summed E-state index contributed by atoms with van der Waals surface area (Å²) in [6.07, 6.45) is 0.578. The Kier molecular flexibility index (Phi) is 4.35. The molecule has 1 aliphatic heterocycles. The fourth-order valence-corrected chi connectivity index (χ4v) is 3.04. The van der Waals surface area contributed by atoms with Crippen molar-refractivity contribution in [1.29, 1.82) is 0 Å². The van der Waals surface area contributed by atoms with E-state index < -0.39 is 5.54 Å². The van der Waals surface area contributed by atoms with Crippen LogP contribution in [0.3, 0.4) is 0 Å². The van der Waals surface area contributed by atoms with Crippen LogP contribution in [0, 0.1) is 5.92 Å². The number of ether oxygens (including phenoxy) is 1. The molecular formula is C17H24N2O2. The summed E-state index contributed by atoms with van der Waals surface area (Å²) in [5.41, 5.74) is 0.302. The summed E-state index contributed by atoms with van der Waals surface area (Å²) in [6, 6.07) is 9.89. The lowest BCUT2D eigenvalue weighted by Gasteiger charge is -2.41. The minimum atomic E-state index is -0.799. The largest absolute Gasteiger partial charge is 0.483 e. The van der Waals surface area contributed by atoms with Crippen molar-refractivity contribution in [3.63, 3.8) is 0 Å². The molecule has 1 amide bonds. The second kappa shape index (κ2) is 5.88. The normalized spacial score (nSPS) is 26.0. The van der Waals surface area contributed by atoms with E-state index in [1.165, 1.54) is 0 Å². The first-order valence-electron chi connectivity index (χ1n) is 7.34. The molecule has 21 heavy (non-hydrogen) atoms. The lowest BCUT2D eigenvalue weighted by atomic mass is 9.88. The molecule has 0 saturated carbocycles. The molecule has 1 aliphatic rings. The standard InChI is InChI=1S/C17H24N2O2/c1-12(2)14-15(21-5)18-17(3,16(20)19(14)4)11-13-9-7-6-8-10-13/h6-10,12,14H,11H2,1-5H3/t14-,17+/m0/s1. The molecule has 0 bridgehead atoms. The fraction of sp³-hybridized carbons (Fsp3) is 0.529. The van der Waals surface area contributed by atoms with Crippen molar-refractivity contribution < 1.29 is 9.53 Å². The van der Waals surface area contributed by atoms with Crippen LogP contribution in [0.15, 0.2) is 35.3 Å². The maximum absolute atomic E-state index is 12.8. The van der Waals surface area contributed by atoms with Gasteiger partial charge in [0.05, 0.1) is 7.11 Å². The topological polar surface area (TPSA) is 41.9 Å². The number of amides is 1. The van der Waals surface area contributed by atoms with Crippen molar-refractivity contribution >= 4 is 11.8 Å². The van der Waals surface area contributed by atoms with E-state index in [9.17, 15) is 4.79 Å². The van der Waals surface area contributed by atoms with Crippen molar-refractivity contribution in [2.45, 2.75) is 38.8 Å². The zero-order chi connectivity index (χ0) is 15.6. The van der Waals surface area contributed by atoms with E-state index in [2.05, 4.69) is 18.8 Å². The van der Waals surface area contributed by atoms with Crippen LogP contribution in [0.25, 0.3) is 0 Å². The van der Waals surface area contributed by atoms with Crippen molar-refractivity contribution in [2.24, 2.45) is 10.9 Å². The number of hydrogen-bond donors (Lipinski definition) is 0. The summed E-state index contributed by atoms with van der Waals surface area (Å²) in [4.78, 5) is 19.2. The Hall–Kier alpha value is -1.84. The summed E-state index contributed by atoms with van der Waals surface area (Å²) < 4.78 is 5.47. The van der Waals surface area contributed by atoms with Crippen LogP contribution in [0.1, 0.15) is 26.3 Å². The van der Waals surface area contributed by atoms with Gasteiger partial charge in [0.15, 0.2) is 0 Å². The number of aliphatic imine (C=N–C) groups is 1. The van der Waals surface area contributed by atoms with E-state index in [4.69, 9.17) is 4.74 Å². The van der Waals surface area contributed by atoms with Gasteiger partial charge in [-0.05, 0) is 18.4 Å². The van der Waals surface area contributed by atoms with Gasteiger partial charge in [-0.3, -0.25) is 4.79 Å². The van der Waals surface area contributed by atoms with Gasteiger partial charge >= 0.3 is 0 Å². The highest BCUT2D eigenvalue weighted by Gasteiger charge is 2.45. The number of benzene rings is 1. The molecule has 114 valence electrons. The monoisotopic (exact) mass is 288 g/mol. The molecule has 0 saturated heterocycles. The molecule has 4 heteroatoms. The van der Waals surface area contributed by atoms with E-state index in [0.29, 0.717) is 12.3 Å². The van der Waals surface area contributed by atoms with Gasteiger partial charge in [0.1, 0.15) is 11.6 Å². The quantitative estimate of drug-likeness (QED) is 0.857. The van der Waals surface area contributed by atoms with Crippen molar-refractivity contribution in [3.8, 4) is 0 Å². The van der Waals surface area contributed by atoms with Crippen LogP contribution < -0.4 is 0 Å². The van der Waals surface area contributed by atoms with E-state index in [1.54, 1.807) is 12.0 Å². The number of carbonyl (C=O) groups is 1. The third-order valence-electron chi connectivity index (χ3n) is 4.04. The molecule has 0 aliphatic carbocycles. The van der Waals surface area contributed by atoms with Gasteiger partial charge in [0.2, 0.25) is 5.90 Å². The Morgan fingerprint density at radius 1 is 1.33 bits per heavy atom. The van der Waals surface area contributed by atoms with Crippen LogP contribution in [-0.4, -0.2) is 42.4 Å². The molecule has 2 rings (SSSR count). The van der Waals surface area contributed by atoms with Crippen molar-refractivity contribution in [2.75, 3.05) is 14.2 Å². The van der Waals surface area contributed by atoms with E-state index in [-0.39, 0.29) is 17.9 Å². The van der Waals surface area contributed by atoms with E-state index in [0.717, 1.165) is 5.56 Å². The van der Waals surface area contributed by atoms with Crippen LogP contribution in [0.2, 0.25) is 0 Å². The summed E-state index contributed by atoms with van der Waals surface area (Å²) in [7, 11) is 3.46. The highest BCUT2D eigenvalue weighted by atomic mass is 16.5. The Bertz CT molecular complexity index is 539. The molecule has 0 unspecified atom stereocenters. The van der Waals surface area contributed by atoms with Crippen LogP contribution in [-0.2, 0) is 16.0 Å². The number of nitrogens with zero attached hydrogens (tertiary/aromatic N) is 2.